The second-order valence-corrected chi connectivity index (χ2v) is 6.72. The first-order valence-corrected chi connectivity index (χ1v) is 8.99. The lowest BCUT2D eigenvalue weighted by molar-refractivity contribution is -0.181. The number of aryl methyl sites for hydroxylation is 3. The summed E-state index contributed by atoms with van der Waals surface area (Å²) in [4.78, 5) is 7.76. The molecule has 1 aromatic heterocycles. The van der Waals surface area contributed by atoms with Crippen molar-refractivity contribution in [3.8, 4) is 0 Å². The van der Waals surface area contributed by atoms with Gasteiger partial charge < -0.3 is 10.2 Å². The maximum Gasteiger partial charge on any atom is 0.403 e. The van der Waals surface area contributed by atoms with Gasteiger partial charge >= 0.3 is 6.18 Å². The molecule has 1 aliphatic rings. The number of hydrogen-bond acceptors (Lipinski definition) is 3. The summed E-state index contributed by atoms with van der Waals surface area (Å²) in [5.74, 6) is 0.748. The van der Waals surface area contributed by atoms with E-state index >= 15 is 0 Å². The Balaban J connectivity index is 1.75. The molecule has 1 N–H and O–H groups in total. The summed E-state index contributed by atoms with van der Waals surface area (Å²) in [5.41, 5.74) is 2.15. The highest BCUT2D eigenvalue weighted by atomic mass is 19.4. The highest BCUT2D eigenvalue weighted by Gasteiger charge is 2.41. The molecule has 0 bridgehead atoms. The van der Waals surface area contributed by atoms with E-state index in [2.05, 4.69) is 15.4 Å². The van der Waals surface area contributed by atoms with Crippen LogP contribution < -0.4 is 5.32 Å². The topological polar surface area (TPSA) is 48.7 Å². The molecule has 1 aliphatic heterocycles. The van der Waals surface area contributed by atoms with Crippen LogP contribution in [0.4, 0.5) is 13.2 Å². The molecule has 0 spiro atoms. The van der Waals surface area contributed by atoms with Gasteiger partial charge in [0.15, 0.2) is 5.96 Å². The van der Waals surface area contributed by atoms with Gasteiger partial charge in [0.05, 0.1) is 5.69 Å². The molecule has 148 valence electrons. The molecule has 6 nitrogen and oxygen atoms in total. The fourth-order valence-corrected chi connectivity index (χ4v) is 3.19. The van der Waals surface area contributed by atoms with Gasteiger partial charge in [0.2, 0.25) is 0 Å². The molecule has 2 rings (SSSR count). The van der Waals surface area contributed by atoms with Gasteiger partial charge in [0.25, 0.3) is 0 Å². The van der Waals surface area contributed by atoms with Crippen LogP contribution in [0, 0.1) is 13.8 Å². The maximum absolute atomic E-state index is 12.8. The lowest BCUT2D eigenvalue weighted by atomic mass is 10.2. The van der Waals surface area contributed by atoms with E-state index in [1.165, 1.54) is 11.8 Å². The Morgan fingerprint density at radius 2 is 1.92 bits per heavy atom. The second kappa shape index (κ2) is 8.75. The van der Waals surface area contributed by atoms with Crippen LogP contribution in [0.5, 0.6) is 0 Å². The number of nitrogens with zero attached hydrogens (tertiary/aromatic N) is 5. The fourth-order valence-electron chi connectivity index (χ4n) is 3.19. The van der Waals surface area contributed by atoms with Crippen molar-refractivity contribution in [2.75, 3.05) is 39.8 Å². The molecular formula is C17H29F3N6. The molecule has 26 heavy (non-hydrogen) atoms. The Bertz CT molecular complexity index is 602. The molecule has 0 aliphatic carbocycles. The molecule has 1 aromatic rings. The number of aliphatic imine (C=N–C) groups is 1. The third-order valence-corrected chi connectivity index (χ3v) is 4.78. The number of alkyl halides is 3. The van der Waals surface area contributed by atoms with Crippen LogP contribution in [0.2, 0.25) is 0 Å². The van der Waals surface area contributed by atoms with Crippen LogP contribution in [0.25, 0.3) is 0 Å². The van der Waals surface area contributed by atoms with Crippen molar-refractivity contribution < 1.29 is 13.2 Å². The molecule has 0 aromatic carbocycles. The monoisotopic (exact) mass is 374 g/mol. The van der Waals surface area contributed by atoms with Crippen molar-refractivity contribution in [2.45, 2.75) is 46.0 Å². The van der Waals surface area contributed by atoms with E-state index in [1.54, 1.807) is 7.05 Å². The van der Waals surface area contributed by atoms with E-state index in [1.807, 2.05) is 29.5 Å². The quantitative estimate of drug-likeness (QED) is 0.487. The minimum Gasteiger partial charge on any atom is -0.356 e. The fraction of sp³-hybridized carbons (Fsp3) is 0.765. The Labute approximate surface area is 153 Å². The Kier molecular flexibility index (Phi) is 6.91. The number of piperazine rings is 1. The van der Waals surface area contributed by atoms with Crippen LogP contribution in [-0.4, -0.2) is 77.5 Å². The third-order valence-electron chi connectivity index (χ3n) is 4.78. The van der Waals surface area contributed by atoms with E-state index in [-0.39, 0.29) is 0 Å². The molecule has 0 radical (unpaired) electrons. The lowest BCUT2D eigenvalue weighted by Crippen LogP contribution is -2.56. The van der Waals surface area contributed by atoms with Crippen LogP contribution in [0.15, 0.2) is 11.1 Å². The highest BCUT2D eigenvalue weighted by molar-refractivity contribution is 5.79. The van der Waals surface area contributed by atoms with Gasteiger partial charge in [-0.2, -0.15) is 18.3 Å². The van der Waals surface area contributed by atoms with Crippen LogP contribution in [0.1, 0.15) is 24.7 Å². The predicted molar refractivity (Wildman–Crippen MR) is 96.3 cm³/mol. The average Bonchev–Trinajstić information content (AvgIpc) is 2.91. The molecular weight excluding hydrogens is 345 g/mol. The van der Waals surface area contributed by atoms with E-state index in [4.69, 9.17) is 0 Å². The van der Waals surface area contributed by atoms with E-state index < -0.39 is 12.2 Å². The van der Waals surface area contributed by atoms with E-state index in [9.17, 15) is 13.2 Å². The van der Waals surface area contributed by atoms with Crippen molar-refractivity contribution in [1.29, 1.82) is 0 Å². The van der Waals surface area contributed by atoms with E-state index in [0.29, 0.717) is 26.2 Å². The third kappa shape index (κ3) is 5.36. The van der Waals surface area contributed by atoms with Crippen LogP contribution >= 0.6 is 0 Å². The van der Waals surface area contributed by atoms with Crippen molar-refractivity contribution in [3.05, 3.63) is 17.5 Å². The van der Waals surface area contributed by atoms with Crippen LogP contribution in [-0.2, 0) is 6.54 Å². The maximum atomic E-state index is 12.8. The number of aromatic nitrogens is 2. The van der Waals surface area contributed by atoms with Gasteiger partial charge in [0.1, 0.15) is 6.04 Å². The van der Waals surface area contributed by atoms with Gasteiger partial charge in [-0.1, -0.05) is 0 Å². The first kappa shape index (κ1) is 20.5. The first-order chi connectivity index (χ1) is 12.2. The second-order valence-electron chi connectivity index (χ2n) is 6.72. The zero-order valence-corrected chi connectivity index (χ0v) is 16.0. The summed E-state index contributed by atoms with van der Waals surface area (Å²) in [6.07, 6.45) is -3.28. The van der Waals surface area contributed by atoms with E-state index in [0.717, 1.165) is 36.9 Å². The van der Waals surface area contributed by atoms with Gasteiger partial charge in [0, 0.05) is 52.0 Å². The number of halogens is 3. The zero-order chi connectivity index (χ0) is 19.3. The molecule has 1 saturated heterocycles. The first-order valence-electron chi connectivity index (χ1n) is 8.99. The lowest BCUT2D eigenvalue weighted by Gasteiger charge is -2.39. The Morgan fingerprint density at radius 1 is 1.27 bits per heavy atom. The normalized spacial score (nSPS) is 18.3. The van der Waals surface area contributed by atoms with Crippen molar-refractivity contribution in [2.24, 2.45) is 4.99 Å². The zero-order valence-electron chi connectivity index (χ0n) is 16.0. The number of guanidine groups is 1. The summed E-state index contributed by atoms with van der Waals surface area (Å²) < 4.78 is 40.5. The van der Waals surface area contributed by atoms with Gasteiger partial charge in [-0.25, -0.2) is 0 Å². The standard InChI is InChI=1S/C17H29F3N6/c1-13-12-14(2)26(23-13)7-5-6-22-16(21-4)25-10-8-24(9-11-25)15(3)17(18,19)20/h12,15H,5-11H2,1-4H3,(H,21,22). The minimum absolute atomic E-state index is 0.382. The molecule has 9 heteroatoms. The average molecular weight is 374 g/mol. The summed E-state index contributed by atoms with van der Waals surface area (Å²) in [5, 5.41) is 7.74. The molecule has 0 saturated carbocycles. The molecule has 1 atom stereocenters. The molecule has 0 amide bonds. The Hall–Kier alpha value is -1.77. The summed E-state index contributed by atoms with van der Waals surface area (Å²) in [6.45, 7) is 8.64. The smallest absolute Gasteiger partial charge is 0.356 e. The SMILES string of the molecule is CN=C(NCCCn1nc(C)cc1C)N1CCN(C(C)C(F)(F)F)CC1. The Morgan fingerprint density at radius 3 is 2.42 bits per heavy atom. The number of hydrogen-bond donors (Lipinski definition) is 1. The minimum atomic E-state index is -4.18. The van der Waals surface area contributed by atoms with Gasteiger partial charge in [-0.05, 0) is 33.3 Å². The molecule has 1 fully saturated rings. The molecule has 2 heterocycles. The molecule has 1 unspecified atom stereocenters. The summed E-state index contributed by atoms with van der Waals surface area (Å²) >= 11 is 0. The van der Waals surface area contributed by atoms with Crippen molar-refractivity contribution >= 4 is 5.96 Å². The van der Waals surface area contributed by atoms with Crippen molar-refractivity contribution in [3.63, 3.8) is 0 Å². The largest absolute Gasteiger partial charge is 0.403 e. The number of rotatable bonds is 5. The number of nitrogens with one attached hydrogen (secondary N) is 1. The van der Waals surface area contributed by atoms with Gasteiger partial charge in [-0.15, -0.1) is 0 Å². The summed E-state index contributed by atoms with van der Waals surface area (Å²) in [7, 11) is 1.70. The van der Waals surface area contributed by atoms with Gasteiger partial charge in [-0.3, -0.25) is 14.6 Å². The highest BCUT2D eigenvalue weighted by Crippen LogP contribution is 2.25. The predicted octanol–water partition coefficient (Wildman–Crippen LogP) is 2.03. The van der Waals surface area contributed by atoms with Crippen molar-refractivity contribution in [1.82, 2.24) is 24.9 Å². The van der Waals surface area contributed by atoms with Crippen LogP contribution in [0.3, 0.4) is 0 Å². The summed E-state index contributed by atoms with van der Waals surface area (Å²) in [6, 6.07) is 0.647.